The van der Waals surface area contributed by atoms with Gasteiger partial charge in [-0.25, -0.2) is 0 Å². The fraction of sp³-hybridized carbons (Fsp3) is 1.00. The van der Waals surface area contributed by atoms with E-state index in [9.17, 15) is 0 Å². The van der Waals surface area contributed by atoms with E-state index in [-0.39, 0.29) is 0 Å². The molecule has 0 aromatic carbocycles. The molecule has 1 N–H and O–H groups in total. The summed E-state index contributed by atoms with van der Waals surface area (Å²) in [6.45, 7) is 5.97. The molecular weight excluding hydrogens is 190 g/mol. The molecule has 0 saturated carbocycles. The summed E-state index contributed by atoms with van der Waals surface area (Å²) in [5.74, 6) is 3.64. The van der Waals surface area contributed by atoms with Crippen LogP contribution in [0.5, 0.6) is 0 Å². The maximum atomic E-state index is 3.74. The average Bonchev–Trinajstić information content (AvgIpc) is 2.50. The lowest BCUT2D eigenvalue weighted by molar-refractivity contribution is 0.202. The van der Waals surface area contributed by atoms with Gasteiger partial charge in [-0.3, -0.25) is 0 Å². The van der Waals surface area contributed by atoms with Gasteiger partial charge in [0.15, 0.2) is 0 Å². The monoisotopic (exact) mass is 213 g/mol. The lowest BCUT2D eigenvalue weighted by atomic mass is 9.73. The first-order valence-electron chi connectivity index (χ1n) is 6.04. The second kappa shape index (κ2) is 4.44. The van der Waals surface area contributed by atoms with Crippen LogP contribution in [0.4, 0.5) is 0 Å². The summed E-state index contributed by atoms with van der Waals surface area (Å²) in [5, 5.41) is 3.74. The zero-order valence-electron chi connectivity index (χ0n) is 9.51. The van der Waals surface area contributed by atoms with Crippen LogP contribution in [0.2, 0.25) is 0 Å². The molecule has 0 aliphatic carbocycles. The van der Waals surface area contributed by atoms with Gasteiger partial charge in [0, 0.05) is 6.04 Å². The van der Waals surface area contributed by atoms with E-state index in [1.165, 1.54) is 43.7 Å². The Balaban J connectivity index is 2.00. The van der Waals surface area contributed by atoms with Crippen LogP contribution in [0.25, 0.3) is 0 Å². The number of hydrogen-bond acceptors (Lipinski definition) is 2. The molecule has 2 heterocycles. The van der Waals surface area contributed by atoms with Crippen LogP contribution in [-0.2, 0) is 0 Å². The zero-order chi connectivity index (χ0) is 10.0. The van der Waals surface area contributed by atoms with Crippen LogP contribution in [-0.4, -0.2) is 24.1 Å². The second-order valence-electron chi connectivity index (χ2n) is 5.36. The summed E-state index contributed by atoms with van der Waals surface area (Å²) in [4.78, 5) is 0. The van der Waals surface area contributed by atoms with Crippen molar-refractivity contribution in [1.82, 2.24) is 5.32 Å². The fourth-order valence-corrected chi connectivity index (χ4v) is 4.37. The van der Waals surface area contributed by atoms with Crippen molar-refractivity contribution in [1.29, 1.82) is 0 Å². The van der Waals surface area contributed by atoms with Crippen LogP contribution in [0.3, 0.4) is 0 Å². The van der Waals surface area contributed by atoms with Crippen molar-refractivity contribution in [2.45, 2.75) is 45.6 Å². The minimum absolute atomic E-state index is 0.690. The van der Waals surface area contributed by atoms with Crippen molar-refractivity contribution >= 4 is 11.8 Å². The molecule has 2 heteroatoms. The Labute approximate surface area is 92.4 Å². The summed E-state index contributed by atoms with van der Waals surface area (Å²) >= 11 is 2.15. The second-order valence-corrected chi connectivity index (χ2v) is 6.59. The van der Waals surface area contributed by atoms with E-state index in [4.69, 9.17) is 0 Å². The maximum Gasteiger partial charge on any atom is 0.0127 e. The first kappa shape index (κ1) is 10.8. The van der Waals surface area contributed by atoms with E-state index >= 15 is 0 Å². The van der Waals surface area contributed by atoms with Gasteiger partial charge < -0.3 is 5.32 Å². The highest BCUT2D eigenvalue weighted by Gasteiger charge is 2.43. The van der Waals surface area contributed by atoms with Crippen molar-refractivity contribution in [2.75, 3.05) is 18.1 Å². The van der Waals surface area contributed by atoms with E-state index in [2.05, 4.69) is 30.9 Å². The van der Waals surface area contributed by atoms with Crippen LogP contribution in [0, 0.1) is 11.3 Å². The lowest BCUT2D eigenvalue weighted by Crippen LogP contribution is -2.40. The van der Waals surface area contributed by atoms with Crippen molar-refractivity contribution in [2.24, 2.45) is 11.3 Å². The number of hydrogen-bond donors (Lipinski definition) is 1. The predicted molar refractivity (Wildman–Crippen MR) is 64.9 cm³/mol. The highest BCUT2D eigenvalue weighted by atomic mass is 32.2. The third-order valence-electron chi connectivity index (χ3n) is 3.95. The molecule has 0 amide bonds. The summed E-state index contributed by atoms with van der Waals surface area (Å²) in [7, 11) is 0. The minimum Gasteiger partial charge on any atom is -0.313 e. The first-order chi connectivity index (χ1) is 6.73. The minimum atomic E-state index is 0.690. The van der Waals surface area contributed by atoms with Gasteiger partial charge in [0.2, 0.25) is 0 Å². The normalized spacial score (nSPS) is 31.5. The summed E-state index contributed by atoms with van der Waals surface area (Å²) in [6.07, 6.45) is 5.74. The quantitative estimate of drug-likeness (QED) is 0.757. The molecule has 2 fully saturated rings. The Hall–Kier alpha value is 0.310. The van der Waals surface area contributed by atoms with E-state index in [0.29, 0.717) is 5.41 Å². The molecule has 2 saturated heterocycles. The van der Waals surface area contributed by atoms with E-state index in [1.807, 2.05) is 0 Å². The predicted octanol–water partition coefficient (Wildman–Crippen LogP) is 2.91. The molecule has 82 valence electrons. The van der Waals surface area contributed by atoms with Gasteiger partial charge in [-0.1, -0.05) is 13.8 Å². The summed E-state index contributed by atoms with van der Waals surface area (Å²) in [6, 6.07) is 0.823. The highest BCUT2D eigenvalue weighted by Crippen LogP contribution is 2.45. The third-order valence-corrected chi connectivity index (χ3v) is 4.93. The Bertz CT molecular complexity index is 185. The molecule has 0 bridgehead atoms. The van der Waals surface area contributed by atoms with Crippen molar-refractivity contribution < 1.29 is 0 Å². The molecule has 14 heavy (non-hydrogen) atoms. The summed E-state index contributed by atoms with van der Waals surface area (Å²) in [5.41, 5.74) is 0.690. The standard InChI is InChI=1S/C12H23NS/c1-10(2)9-11-12(3-6-13-11)4-7-14-8-5-12/h10-11,13H,3-9H2,1-2H3. The van der Waals surface area contributed by atoms with Gasteiger partial charge in [0.25, 0.3) is 0 Å². The van der Waals surface area contributed by atoms with E-state index in [0.717, 1.165) is 12.0 Å². The van der Waals surface area contributed by atoms with E-state index < -0.39 is 0 Å². The molecule has 2 aliphatic rings. The Kier molecular flexibility index (Phi) is 3.43. The Morgan fingerprint density at radius 3 is 2.64 bits per heavy atom. The van der Waals surface area contributed by atoms with Crippen LogP contribution >= 0.6 is 11.8 Å². The molecule has 1 atom stereocenters. The number of thioether (sulfide) groups is 1. The van der Waals surface area contributed by atoms with Gasteiger partial charge in [-0.15, -0.1) is 0 Å². The smallest absolute Gasteiger partial charge is 0.0127 e. The van der Waals surface area contributed by atoms with Gasteiger partial charge >= 0.3 is 0 Å². The molecule has 0 radical (unpaired) electrons. The molecule has 1 nitrogen and oxygen atoms in total. The first-order valence-corrected chi connectivity index (χ1v) is 7.19. The molecular formula is C12H23NS. The average molecular weight is 213 g/mol. The number of rotatable bonds is 2. The topological polar surface area (TPSA) is 12.0 Å². The fourth-order valence-electron chi connectivity index (χ4n) is 3.07. The Morgan fingerprint density at radius 1 is 1.29 bits per heavy atom. The number of nitrogens with one attached hydrogen (secondary N) is 1. The molecule has 1 spiro atoms. The van der Waals surface area contributed by atoms with Crippen molar-refractivity contribution in [3.8, 4) is 0 Å². The largest absolute Gasteiger partial charge is 0.313 e. The maximum absolute atomic E-state index is 3.74. The lowest BCUT2D eigenvalue weighted by Gasteiger charge is -2.39. The van der Waals surface area contributed by atoms with Crippen LogP contribution in [0.1, 0.15) is 39.5 Å². The van der Waals surface area contributed by atoms with Crippen LogP contribution in [0.15, 0.2) is 0 Å². The molecule has 0 aromatic heterocycles. The van der Waals surface area contributed by atoms with Gasteiger partial charge in [-0.2, -0.15) is 11.8 Å². The molecule has 2 aliphatic heterocycles. The molecule has 2 rings (SSSR count). The van der Waals surface area contributed by atoms with Gasteiger partial charge in [0.1, 0.15) is 0 Å². The zero-order valence-corrected chi connectivity index (χ0v) is 10.3. The van der Waals surface area contributed by atoms with Crippen LogP contribution < -0.4 is 5.32 Å². The van der Waals surface area contributed by atoms with Gasteiger partial charge in [-0.05, 0) is 55.1 Å². The van der Waals surface area contributed by atoms with E-state index in [1.54, 1.807) is 0 Å². The third kappa shape index (κ3) is 2.11. The summed E-state index contributed by atoms with van der Waals surface area (Å²) < 4.78 is 0. The van der Waals surface area contributed by atoms with Crippen molar-refractivity contribution in [3.05, 3.63) is 0 Å². The molecule has 1 unspecified atom stereocenters. The molecule has 0 aromatic rings. The van der Waals surface area contributed by atoms with Crippen molar-refractivity contribution in [3.63, 3.8) is 0 Å². The van der Waals surface area contributed by atoms with Gasteiger partial charge in [0.05, 0.1) is 0 Å². The highest BCUT2D eigenvalue weighted by molar-refractivity contribution is 7.99. The SMILES string of the molecule is CC(C)CC1NCCC12CCSCC2. The Morgan fingerprint density at radius 2 is 2.00 bits per heavy atom.